The van der Waals surface area contributed by atoms with Crippen molar-refractivity contribution in [3.05, 3.63) is 101 Å². The Balaban J connectivity index is 1.79. The lowest BCUT2D eigenvalue weighted by atomic mass is 10.0. The maximum absolute atomic E-state index is 13.6. The van der Waals surface area contributed by atoms with Crippen LogP contribution in [0.3, 0.4) is 0 Å². The predicted octanol–water partition coefficient (Wildman–Crippen LogP) is 4.63. The van der Waals surface area contributed by atoms with E-state index in [0.29, 0.717) is 19.4 Å². The molecule has 2 amide bonds. The zero-order valence-corrected chi connectivity index (χ0v) is 24.1. The molecule has 0 aromatic heterocycles. The highest BCUT2D eigenvalue weighted by molar-refractivity contribution is 9.10. The van der Waals surface area contributed by atoms with Crippen LogP contribution in [0.15, 0.2) is 94.3 Å². The monoisotopic (exact) mass is 599 g/mol. The molecule has 0 aliphatic carbocycles. The van der Waals surface area contributed by atoms with Crippen molar-refractivity contribution in [2.45, 2.75) is 43.7 Å². The number of likely N-dealkylation sites (N-methyl/N-ethyl adjacent to an activating group) is 1. The fourth-order valence-electron chi connectivity index (χ4n) is 4.12. The maximum Gasteiger partial charge on any atom is 0.243 e. The molecule has 0 fully saturated rings. The first-order chi connectivity index (χ1) is 18.2. The van der Waals surface area contributed by atoms with Gasteiger partial charge in [-0.1, -0.05) is 76.6 Å². The lowest BCUT2D eigenvalue weighted by molar-refractivity contribution is -0.141. The summed E-state index contributed by atoms with van der Waals surface area (Å²) in [6.45, 7) is 2.74. The Morgan fingerprint density at radius 2 is 1.50 bits per heavy atom. The van der Waals surface area contributed by atoms with Crippen molar-refractivity contribution >= 4 is 37.8 Å². The predicted molar refractivity (Wildman–Crippen MR) is 153 cm³/mol. The molecule has 0 unspecified atom stereocenters. The van der Waals surface area contributed by atoms with Gasteiger partial charge in [0.1, 0.15) is 6.04 Å². The molecule has 3 aromatic carbocycles. The first kappa shape index (κ1) is 29.5. The van der Waals surface area contributed by atoms with E-state index >= 15 is 0 Å². The average Bonchev–Trinajstić information content (AvgIpc) is 2.92. The third-order valence-corrected chi connectivity index (χ3v) is 8.60. The lowest BCUT2D eigenvalue weighted by Crippen LogP contribution is -2.50. The molecule has 3 aromatic rings. The number of carbonyl (C=O) groups is 2. The minimum Gasteiger partial charge on any atom is -0.355 e. The molecule has 0 spiro atoms. The van der Waals surface area contributed by atoms with Gasteiger partial charge in [-0.2, -0.15) is 0 Å². The minimum atomic E-state index is -3.65. The fraction of sp³-hybridized carbons (Fsp3) is 0.310. The van der Waals surface area contributed by atoms with Crippen LogP contribution in [-0.4, -0.2) is 55.6 Å². The second kappa shape index (κ2) is 14.2. The number of benzene rings is 3. The van der Waals surface area contributed by atoms with E-state index in [1.54, 1.807) is 35.2 Å². The highest BCUT2D eigenvalue weighted by Gasteiger charge is 2.30. The van der Waals surface area contributed by atoms with Crippen LogP contribution in [0.4, 0.5) is 0 Å². The molecule has 1 N–H and O–H groups in total. The zero-order chi connectivity index (χ0) is 27.5. The van der Waals surface area contributed by atoms with Crippen LogP contribution in [-0.2, 0) is 32.6 Å². The van der Waals surface area contributed by atoms with E-state index in [2.05, 4.69) is 21.2 Å². The van der Waals surface area contributed by atoms with Crippen molar-refractivity contribution in [3.63, 3.8) is 0 Å². The summed E-state index contributed by atoms with van der Waals surface area (Å²) < 4.78 is 27.9. The number of carbonyl (C=O) groups excluding carboxylic acids is 2. The normalized spacial score (nSPS) is 12.2. The van der Waals surface area contributed by atoms with Gasteiger partial charge in [-0.05, 0) is 48.7 Å². The van der Waals surface area contributed by atoms with E-state index in [-0.39, 0.29) is 36.2 Å². The van der Waals surface area contributed by atoms with Crippen LogP contribution in [0.2, 0.25) is 0 Å². The number of nitrogens with one attached hydrogen (secondary N) is 1. The van der Waals surface area contributed by atoms with Gasteiger partial charge in [-0.3, -0.25) is 9.59 Å². The molecular formula is C29H34BrN3O4S. The summed E-state index contributed by atoms with van der Waals surface area (Å²) in [5.74, 6) is -0.420. The van der Waals surface area contributed by atoms with Crippen molar-refractivity contribution in [1.29, 1.82) is 0 Å². The van der Waals surface area contributed by atoms with E-state index in [4.69, 9.17) is 0 Å². The van der Waals surface area contributed by atoms with Crippen molar-refractivity contribution in [2.75, 3.05) is 20.1 Å². The van der Waals surface area contributed by atoms with E-state index in [1.807, 2.05) is 61.5 Å². The van der Waals surface area contributed by atoms with Gasteiger partial charge in [0.25, 0.3) is 0 Å². The van der Waals surface area contributed by atoms with Gasteiger partial charge in [-0.15, -0.1) is 0 Å². The van der Waals surface area contributed by atoms with Crippen molar-refractivity contribution in [3.8, 4) is 0 Å². The molecule has 0 bridgehead atoms. The number of halogens is 1. The molecule has 0 aliphatic rings. The van der Waals surface area contributed by atoms with Crippen LogP contribution in [0.25, 0.3) is 0 Å². The Morgan fingerprint density at radius 1 is 0.895 bits per heavy atom. The van der Waals surface area contributed by atoms with Crippen molar-refractivity contribution in [2.24, 2.45) is 0 Å². The first-order valence-electron chi connectivity index (χ1n) is 12.6. The Hall–Kier alpha value is -3.01. The van der Waals surface area contributed by atoms with Crippen LogP contribution in [0, 0.1) is 0 Å². The lowest BCUT2D eigenvalue weighted by Gasteiger charge is -2.31. The van der Waals surface area contributed by atoms with E-state index in [0.717, 1.165) is 15.6 Å². The summed E-state index contributed by atoms with van der Waals surface area (Å²) in [5.41, 5.74) is 1.85. The second-order valence-corrected chi connectivity index (χ2v) is 12.0. The summed E-state index contributed by atoms with van der Waals surface area (Å²) in [6, 6.07) is 24.8. The van der Waals surface area contributed by atoms with E-state index in [9.17, 15) is 18.0 Å². The number of nitrogens with zero attached hydrogens (tertiary/aromatic N) is 2. The Morgan fingerprint density at radius 3 is 2.11 bits per heavy atom. The number of amides is 2. The first-order valence-corrected chi connectivity index (χ1v) is 14.8. The smallest absolute Gasteiger partial charge is 0.243 e. The van der Waals surface area contributed by atoms with E-state index in [1.165, 1.54) is 11.4 Å². The molecule has 38 heavy (non-hydrogen) atoms. The molecule has 0 radical (unpaired) electrons. The van der Waals surface area contributed by atoms with Gasteiger partial charge in [0, 0.05) is 44.0 Å². The standard InChI is InChI=1S/C29H34BrN3O4S/c1-3-31-29(35)27(21-23-11-6-4-7-12-23)33(22-24-16-18-25(30)19-17-24)28(34)15-10-20-32(2)38(36,37)26-13-8-5-9-14-26/h4-9,11-14,16-19,27H,3,10,15,20-22H2,1-2H3,(H,31,35)/t27-/m0/s1. The van der Waals surface area contributed by atoms with Gasteiger partial charge in [-0.25, -0.2) is 12.7 Å². The van der Waals surface area contributed by atoms with Crippen molar-refractivity contribution < 1.29 is 18.0 Å². The summed E-state index contributed by atoms with van der Waals surface area (Å²) >= 11 is 3.44. The Kier molecular flexibility index (Phi) is 11.1. The summed E-state index contributed by atoms with van der Waals surface area (Å²) in [4.78, 5) is 28.7. The highest BCUT2D eigenvalue weighted by Crippen LogP contribution is 2.19. The number of sulfonamides is 1. The topological polar surface area (TPSA) is 86.8 Å². The van der Waals surface area contributed by atoms with Gasteiger partial charge < -0.3 is 10.2 Å². The van der Waals surface area contributed by atoms with E-state index < -0.39 is 16.1 Å². The van der Waals surface area contributed by atoms with Crippen LogP contribution < -0.4 is 5.32 Å². The fourth-order valence-corrected chi connectivity index (χ4v) is 5.62. The molecule has 0 aliphatic heterocycles. The molecule has 202 valence electrons. The molecule has 7 nitrogen and oxygen atoms in total. The van der Waals surface area contributed by atoms with Gasteiger partial charge >= 0.3 is 0 Å². The third kappa shape index (κ3) is 8.24. The number of hydrogen-bond donors (Lipinski definition) is 1. The maximum atomic E-state index is 13.6. The van der Waals surface area contributed by atoms with Gasteiger partial charge in [0.15, 0.2) is 0 Å². The summed E-state index contributed by atoms with van der Waals surface area (Å²) in [7, 11) is -2.13. The van der Waals surface area contributed by atoms with Gasteiger partial charge in [0.2, 0.25) is 21.8 Å². The van der Waals surface area contributed by atoms with Crippen LogP contribution in [0.5, 0.6) is 0 Å². The number of hydrogen-bond acceptors (Lipinski definition) is 4. The highest BCUT2D eigenvalue weighted by atomic mass is 79.9. The van der Waals surface area contributed by atoms with Gasteiger partial charge in [0.05, 0.1) is 4.90 Å². The molecule has 0 heterocycles. The molecule has 3 rings (SSSR count). The molecule has 1 atom stereocenters. The quantitative estimate of drug-likeness (QED) is 0.310. The van der Waals surface area contributed by atoms with Crippen LogP contribution in [0.1, 0.15) is 30.9 Å². The molecule has 0 saturated carbocycles. The average molecular weight is 601 g/mol. The SMILES string of the molecule is CCNC(=O)[C@H](Cc1ccccc1)N(Cc1ccc(Br)cc1)C(=O)CCCN(C)S(=O)(=O)c1ccccc1. The Labute approximate surface area is 234 Å². The molecule has 0 saturated heterocycles. The minimum absolute atomic E-state index is 0.107. The third-order valence-electron chi connectivity index (χ3n) is 6.20. The summed E-state index contributed by atoms with van der Waals surface area (Å²) in [5, 5.41) is 2.88. The Bertz CT molecular complexity index is 1290. The van der Waals surface area contributed by atoms with Crippen LogP contribution >= 0.6 is 15.9 Å². The zero-order valence-electron chi connectivity index (χ0n) is 21.7. The largest absolute Gasteiger partial charge is 0.355 e. The molecule has 9 heteroatoms. The number of rotatable bonds is 13. The second-order valence-electron chi connectivity index (χ2n) is 8.99. The van der Waals surface area contributed by atoms with Crippen molar-refractivity contribution in [1.82, 2.24) is 14.5 Å². The molecular weight excluding hydrogens is 566 g/mol. The summed E-state index contributed by atoms with van der Waals surface area (Å²) in [6.07, 6.45) is 0.804.